The minimum absolute atomic E-state index is 0.152. The summed E-state index contributed by atoms with van der Waals surface area (Å²) in [5.74, 6) is 1.63. The van der Waals surface area contributed by atoms with Crippen molar-refractivity contribution in [2.24, 2.45) is 0 Å². The molecular formula is C25H28ClN3O3S. The van der Waals surface area contributed by atoms with Gasteiger partial charge in [0, 0.05) is 22.8 Å². The molecule has 0 aliphatic heterocycles. The molecule has 2 aromatic carbocycles. The number of thioether (sulfide) groups is 1. The van der Waals surface area contributed by atoms with Gasteiger partial charge < -0.3 is 20.4 Å². The maximum atomic E-state index is 11.1. The van der Waals surface area contributed by atoms with Crippen LogP contribution in [0.15, 0.2) is 53.7 Å². The molecule has 3 aromatic rings. The molecule has 0 aliphatic rings. The number of carbonyl (C=O) groups is 1. The van der Waals surface area contributed by atoms with Crippen LogP contribution in [0, 0.1) is 0 Å². The van der Waals surface area contributed by atoms with E-state index in [2.05, 4.69) is 9.97 Å². The largest absolute Gasteiger partial charge is 0.491 e. The van der Waals surface area contributed by atoms with Crippen molar-refractivity contribution in [3.8, 4) is 16.9 Å². The third-order valence-corrected chi connectivity index (χ3v) is 6.24. The average molecular weight is 486 g/mol. The van der Waals surface area contributed by atoms with Gasteiger partial charge in [0.05, 0.1) is 11.8 Å². The summed E-state index contributed by atoms with van der Waals surface area (Å²) >= 11 is 7.33. The van der Waals surface area contributed by atoms with Gasteiger partial charge >= 0.3 is 0 Å². The Morgan fingerprint density at radius 1 is 1.15 bits per heavy atom. The van der Waals surface area contributed by atoms with Crippen LogP contribution in [0.1, 0.15) is 31.5 Å². The molecule has 3 rings (SSSR count). The minimum atomic E-state index is -0.696. The highest BCUT2D eigenvalue weighted by molar-refractivity contribution is 7.99. The molecule has 0 amide bonds. The van der Waals surface area contributed by atoms with Gasteiger partial charge in [0.2, 0.25) is 0 Å². The van der Waals surface area contributed by atoms with Crippen molar-refractivity contribution < 1.29 is 14.6 Å². The molecule has 0 bridgehead atoms. The maximum Gasteiger partial charge on any atom is 0.189 e. The molecule has 0 spiro atoms. The second kappa shape index (κ2) is 12.0. The molecule has 33 heavy (non-hydrogen) atoms. The predicted molar refractivity (Wildman–Crippen MR) is 134 cm³/mol. The maximum absolute atomic E-state index is 11.1. The summed E-state index contributed by atoms with van der Waals surface area (Å²) < 4.78 is 5.69. The highest BCUT2D eigenvalue weighted by Gasteiger charge is 2.15. The number of aryl methyl sites for hydroxylation is 2. The summed E-state index contributed by atoms with van der Waals surface area (Å²) in [7, 11) is 0. The molecule has 174 valence electrons. The Labute approximate surface area is 203 Å². The van der Waals surface area contributed by atoms with E-state index in [0.29, 0.717) is 46.8 Å². The number of aromatic nitrogens is 2. The van der Waals surface area contributed by atoms with E-state index in [0.717, 1.165) is 22.4 Å². The number of aliphatic hydroxyl groups is 1. The first-order valence-corrected chi connectivity index (χ1v) is 12.2. The number of nitrogens with two attached hydrogens (primary N) is 1. The molecule has 3 N–H and O–H groups in total. The van der Waals surface area contributed by atoms with Gasteiger partial charge in [-0.25, -0.2) is 9.97 Å². The number of Topliss-reactive ketones (excluding diaryl/α,β-unsaturated/α-hetero) is 1. The molecule has 0 radical (unpaired) electrons. The molecule has 0 fully saturated rings. The van der Waals surface area contributed by atoms with Gasteiger partial charge in [-0.05, 0) is 55.2 Å². The third-order valence-electron chi connectivity index (χ3n) is 5.00. The van der Waals surface area contributed by atoms with Crippen LogP contribution < -0.4 is 10.5 Å². The summed E-state index contributed by atoms with van der Waals surface area (Å²) in [5, 5.41) is 11.5. The number of carbonyl (C=O) groups excluding carboxylic acids is 1. The van der Waals surface area contributed by atoms with Crippen LogP contribution >= 0.6 is 23.4 Å². The van der Waals surface area contributed by atoms with E-state index in [-0.39, 0.29) is 12.4 Å². The second-order valence-electron chi connectivity index (χ2n) is 7.70. The highest BCUT2D eigenvalue weighted by atomic mass is 35.5. The van der Waals surface area contributed by atoms with E-state index < -0.39 is 6.10 Å². The van der Waals surface area contributed by atoms with Gasteiger partial charge in [0.25, 0.3) is 0 Å². The molecule has 0 saturated carbocycles. The van der Waals surface area contributed by atoms with Crippen LogP contribution in [0.3, 0.4) is 0 Å². The number of ketones is 1. The highest BCUT2D eigenvalue weighted by Crippen LogP contribution is 2.31. The molecule has 1 heterocycles. The van der Waals surface area contributed by atoms with Crippen molar-refractivity contribution >= 4 is 35.0 Å². The van der Waals surface area contributed by atoms with Crippen molar-refractivity contribution in [1.82, 2.24) is 9.97 Å². The molecule has 0 unspecified atom stereocenters. The molecule has 6 nitrogen and oxygen atoms in total. The molecule has 1 aromatic heterocycles. The van der Waals surface area contributed by atoms with Crippen molar-refractivity contribution in [2.75, 3.05) is 18.1 Å². The molecule has 0 saturated heterocycles. The van der Waals surface area contributed by atoms with E-state index in [4.69, 9.17) is 22.1 Å². The van der Waals surface area contributed by atoms with Crippen molar-refractivity contribution in [2.45, 2.75) is 44.4 Å². The quantitative estimate of drug-likeness (QED) is 0.291. The zero-order valence-electron chi connectivity index (χ0n) is 18.8. The van der Waals surface area contributed by atoms with E-state index >= 15 is 0 Å². The van der Waals surface area contributed by atoms with Crippen molar-refractivity contribution in [3.05, 3.63) is 64.8 Å². The number of ether oxygens (including phenoxy) is 1. The Morgan fingerprint density at radius 3 is 2.48 bits per heavy atom. The lowest BCUT2D eigenvalue weighted by Gasteiger charge is -2.14. The number of aliphatic hydroxyl groups excluding tert-OH is 1. The van der Waals surface area contributed by atoms with Crippen LogP contribution in [0.2, 0.25) is 5.02 Å². The Balaban J connectivity index is 1.55. The van der Waals surface area contributed by atoms with Crippen LogP contribution in [0.5, 0.6) is 5.75 Å². The van der Waals surface area contributed by atoms with Crippen LogP contribution in [-0.4, -0.2) is 39.3 Å². The summed E-state index contributed by atoms with van der Waals surface area (Å²) in [6.45, 7) is 3.76. The van der Waals surface area contributed by atoms with Crippen LogP contribution in [-0.2, 0) is 17.6 Å². The molecular weight excluding hydrogens is 458 g/mol. The number of halogens is 1. The Hall–Kier alpha value is -2.61. The SMILES string of the molecule is CCc1nc(SC[C@H](O)COc2ccc(CCC(C)=O)cc2)nc(N)c1-c1ccc(Cl)cc1. The minimum Gasteiger partial charge on any atom is -0.491 e. The number of nitrogen functional groups attached to an aromatic ring is 1. The fourth-order valence-corrected chi connectivity index (χ4v) is 4.14. The van der Waals surface area contributed by atoms with E-state index in [1.165, 1.54) is 11.8 Å². The normalized spacial score (nSPS) is 11.9. The summed E-state index contributed by atoms with van der Waals surface area (Å²) in [6.07, 6.45) is 1.25. The fraction of sp³-hybridized carbons (Fsp3) is 0.320. The van der Waals surface area contributed by atoms with E-state index in [1.54, 1.807) is 6.92 Å². The average Bonchev–Trinajstić information content (AvgIpc) is 2.81. The second-order valence-corrected chi connectivity index (χ2v) is 9.12. The van der Waals surface area contributed by atoms with E-state index in [9.17, 15) is 9.90 Å². The lowest BCUT2D eigenvalue weighted by atomic mass is 10.0. The number of benzene rings is 2. The Morgan fingerprint density at radius 2 is 1.85 bits per heavy atom. The fourth-order valence-electron chi connectivity index (χ4n) is 3.24. The summed E-state index contributed by atoms with van der Waals surface area (Å²) in [4.78, 5) is 20.2. The molecule has 8 heteroatoms. The molecule has 1 atom stereocenters. The summed E-state index contributed by atoms with van der Waals surface area (Å²) in [5.41, 5.74) is 9.92. The van der Waals surface area contributed by atoms with Crippen molar-refractivity contribution in [3.63, 3.8) is 0 Å². The van der Waals surface area contributed by atoms with Crippen molar-refractivity contribution in [1.29, 1.82) is 0 Å². The molecule has 0 aliphatic carbocycles. The Bertz CT molecular complexity index is 1080. The zero-order valence-corrected chi connectivity index (χ0v) is 20.3. The number of nitrogens with zero attached hydrogens (tertiary/aromatic N) is 2. The summed E-state index contributed by atoms with van der Waals surface area (Å²) in [6, 6.07) is 15.0. The third kappa shape index (κ3) is 7.45. The predicted octanol–water partition coefficient (Wildman–Crippen LogP) is 5.00. The monoisotopic (exact) mass is 485 g/mol. The van der Waals surface area contributed by atoms with Crippen LogP contribution in [0.4, 0.5) is 5.82 Å². The van der Waals surface area contributed by atoms with Crippen LogP contribution in [0.25, 0.3) is 11.1 Å². The number of hydrogen-bond acceptors (Lipinski definition) is 7. The van der Waals surface area contributed by atoms with Gasteiger partial charge in [-0.2, -0.15) is 0 Å². The van der Waals surface area contributed by atoms with Gasteiger partial charge in [0.1, 0.15) is 24.0 Å². The first kappa shape index (κ1) is 25.0. The van der Waals surface area contributed by atoms with E-state index in [1.807, 2.05) is 55.5 Å². The number of anilines is 1. The zero-order chi connectivity index (χ0) is 23.8. The van der Waals surface area contributed by atoms with Gasteiger partial charge in [-0.1, -0.05) is 54.6 Å². The number of hydrogen-bond donors (Lipinski definition) is 2. The standard InChI is InChI=1S/C25H28ClN3O3S/c1-3-22-23(18-8-10-19(26)11-9-18)24(27)29-25(28-22)33-15-20(31)14-32-21-12-6-17(7-13-21)5-4-16(2)30/h6-13,20,31H,3-5,14-15H2,1-2H3,(H2,27,28,29)/t20-/m1/s1. The first-order chi connectivity index (χ1) is 15.9. The Kier molecular flexibility index (Phi) is 9.11. The first-order valence-electron chi connectivity index (χ1n) is 10.8. The topological polar surface area (TPSA) is 98.3 Å². The smallest absolute Gasteiger partial charge is 0.189 e. The van der Waals surface area contributed by atoms with Gasteiger partial charge in [-0.3, -0.25) is 0 Å². The lowest BCUT2D eigenvalue weighted by molar-refractivity contribution is -0.116. The van der Waals surface area contributed by atoms with Gasteiger partial charge in [0.15, 0.2) is 5.16 Å². The number of rotatable bonds is 11. The van der Waals surface area contributed by atoms with Gasteiger partial charge in [-0.15, -0.1) is 0 Å². The lowest BCUT2D eigenvalue weighted by Crippen LogP contribution is -2.20.